The molecule has 0 aliphatic heterocycles. The van der Waals surface area contributed by atoms with Crippen LogP contribution in [0.5, 0.6) is 0 Å². The third kappa shape index (κ3) is 3.94. The van der Waals surface area contributed by atoms with E-state index in [9.17, 15) is 8.42 Å². The van der Waals surface area contributed by atoms with E-state index in [0.717, 1.165) is 13.1 Å². The van der Waals surface area contributed by atoms with Crippen molar-refractivity contribution in [1.82, 2.24) is 9.62 Å². The molecule has 0 heterocycles. The van der Waals surface area contributed by atoms with E-state index in [1.165, 1.54) is 25.0 Å². The van der Waals surface area contributed by atoms with Crippen molar-refractivity contribution in [1.29, 1.82) is 0 Å². The van der Waals surface area contributed by atoms with Gasteiger partial charge in [0.15, 0.2) is 0 Å². The standard InChI is InChI=1S/C13H20BrN3O2S/c1-2-17(10-3-4-10)8-7-16-20(18,19)11-5-6-13(15)12(14)9-11/h5-6,9-10,16H,2-4,7-8,15H2,1H3. The second-order valence-electron chi connectivity index (χ2n) is 4.94. The monoisotopic (exact) mass is 361 g/mol. The molecule has 1 aromatic carbocycles. The summed E-state index contributed by atoms with van der Waals surface area (Å²) >= 11 is 3.24. The SMILES string of the molecule is CCN(CCNS(=O)(=O)c1ccc(N)c(Br)c1)C1CC1. The van der Waals surface area contributed by atoms with E-state index >= 15 is 0 Å². The summed E-state index contributed by atoms with van der Waals surface area (Å²) in [5.41, 5.74) is 6.18. The van der Waals surface area contributed by atoms with Crippen molar-refractivity contribution in [2.24, 2.45) is 0 Å². The number of benzene rings is 1. The first-order valence-corrected chi connectivity index (χ1v) is 9.00. The molecule has 112 valence electrons. The van der Waals surface area contributed by atoms with Crippen molar-refractivity contribution in [2.75, 3.05) is 25.4 Å². The van der Waals surface area contributed by atoms with Gasteiger partial charge >= 0.3 is 0 Å². The maximum Gasteiger partial charge on any atom is 0.240 e. The minimum atomic E-state index is -3.47. The van der Waals surface area contributed by atoms with Gasteiger partial charge in [-0.25, -0.2) is 13.1 Å². The van der Waals surface area contributed by atoms with E-state index in [4.69, 9.17) is 5.73 Å². The van der Waals surface area contributed by atoms with Gasteiger partial charge in [0.2, 0.25) is 10.0 Å². The molecule has 0 atom stereocenters. The molecule has 20 heavy (non-hydrogen) atoms. The van der Waals surface area contributed by atoms with Crippen LogP contribution in [0.4, 0.5) is 5.69 Å². The van der Waals surface area contributed by atoms with Crippen LogP contribution in [0.25, 0.3) is 0 Å². The molecule has 1 saturated carbocycles. The van der Waals surface area contributed by atoms with Crippen LogP contribution < -0.4 is 10.5 Å². The Morgan fingerprint density at radius 3 is 2.70 bits per heavy atom. The molecule has 2 rings (SSSR count). The van der Waals surface area contributed by atoms with Gasteiger partial charge in [-0.2, -0.15) is 0 Å². The number of likely N-dealkylation sites (N-methyl/N-ethyl adjacent to an activating group) is 1. The minimum Gasteiger partial charge on any atom is -0.398 e. The van der Waals surface area contributed by atoms with E-state index in [-0.39, 0.29) is 4.90 Å². The highest BCUT2D eigenvalue weighted by molar-refractivity contribution is 9.10. The molecular formula is C13H20BrN3O2S. The first kappa shape index (κ1) is 15.8. The number of sulfonamides is 1. The smallest absolute Gasteiger partial charge is 0.240 e. The van der Waals surface area contributed by atoms with Gasteiger partial charge in [0.05, 0.1) is 4.90 Å². The van der Waals surface area contributed by atoms with Crippen molar-refractivity contribution in [3.63, 3.8) is 0 Å². The predicted molar refractivity (Wildman–Crippen MR) is 84.0 cm³/mol. The molecular weight excluding hydrogens is 342 g/mol. The van der Waals surface area contributed by atoms with Crippen molar-refractivity contribution >= 4 is 31.6 Å². The van der Waals surface area contributed by atoms with Crippen LogP contribution >= 0.6 is 15.9 Å². The Hall–Kier alpha value is -0.630. The van der Waals surface area contributed by atoms with E-state index in [2.05, 4.69) is 32.5 Å². The lowest BCUT2D eigenvalue weighted by Crippen LogP contribution is -2.36. The Balaban J connectivity index is 1.94. The highest BCUT2D eigenvalue weighted by atomic mass is 79.9. The lowest BCUT2D eigenvalue weighted by atomic mass is 10.3. The maximum absolute atomic E-state index is 12.2. The fraction of sp³-hybridized carbons (Fsp3) is 0.538. The van der Waals surface area contributed by atoms with Gasteiger partial charge in [-0.15, -0.1) is 0 Å². The molecule has 3 N–H and O–H groups in total. The molecule has 7 heteroatoms. The summed E-state index contributed by atoms with van der Waals surface area (Å²) < 4.78 is 27.5. The summed E-state index contributed by atoms with van der Waals surface area (Å²) in [6, 6.07) is 5.27. The van der Waals surface area contributed by atoms with E-state index in [0.29, 0.717) is 22.7 Å². The van der Waals surface area contributed by atoms with Crippen LogP contribution in [0.2, 0.25) is 0 Å². The Kier molecular flexibility index (Phi) is 5.06. The fourth-order valence-corrected chi connectivity index (χ4v) is 3.70. The number of anilines is 1. The second kappa shape index (κ2) is 6.43. The largest absolute Gasteiger partial charge is 0.398 e. The van der Waals surface area contributed by atoms with Crippen LogP contribution in [0.1, 0.15) is 19.8 Å². The zero-order valence-electron chi connectivity index (χ0n) is 11.5. The number of hydrogen-bond acceptors (Lipinski definition) is 4. The molecule has 0 unspecified atom stereocenters. The fourth-order valence-electron chi connectivity index (χ4n) is 2.12. The molecule has 0 spiro atoms. The minimum absolute atomic E-state index is 0.230. The van der Waals surface area contributed by atoms with Crippen LogP contribution in [0.3, 0.4) is 0 Å². The highest BCUT2D eigenvalue weighted by Crippen LogP contribution is 2.26. The number of halogens is 1. The van der Waals surface area contributed by atoms with Crippen molar-refractivity contribution in [3.8, 4) is 0 Å². The average Bonchev–Trinajstić information content (AvgIpc) is 3.22. The van der Waals surface area contributed by atoms with E-state index in [1.807, 2.05) is 0 Å². The summed E-state index contributed by atoms with van der Waals surface area (Å²) in [7, 11) is -3.47. The quantitative estimate of drug-likeness (QED) is 0.726. The van der Waals surface area contributed by atoms with Gasteiger partial charge in [0, 0.05) is 29.3 Å². The van der Waals surface area contributed by atoms with Crippen molar-refractivity contribution in [2.45, 2.75) is 30.7 Å². The number of nitrogens with one attached hydrogen (secondary N) is 1. The van der Waals surface area contributed by atoms with Crippen LogP contribution in [-0.2, 0) is 10.0 Å². The molecule has 1 aromatic rings. The summed E-state index contributed by atoms with van der Waals surface area (Å²) in [5.74, 6) is 0. The van der Waals surface area contributed by atoms with Crippen molar-refractivity contribution < 1.29 is 8.42 Å². The average molecular weight is 362 g/mol. The maximum atomic E-state index is 12.2. The van der Waals surface area contributed by atoms with Gasteiger partial charge in [0.25, 0.3) is 0 Å². The van der Waals surface area contributed by atoms with Crippen LogP contribution in [0, 0.1) is 0 Å². The Morgan fingerprint density at radius 2 is 2.15 bits per heavy atom. The number of rotatable bonds is 7. The molecule has 1 aliphatic carbocycles. The van der Waals surface area contributed by atoms with Gasteiger partial charge in [0.1, 0.15) is 0 Å². The molecule has 0 aromatic heterocycles. The third-order valence-corrected chi connectivity index (χ3v) is 5.59. The molecule has 0 amide bonds. The summed E-state index contributed by atoms with van der Waals surface area (Å²) in [6.07, 6.45) is 2.46. The topological polar surface area (TPSA) is 75.4 Å². The lowest BCUT2D eigenvalue weighted by Gasteiger charge is -2.19. The predicted octanol–water partition coefficient (Wildman–Crippen LogP) is 1.79. The normalized spacial score (nSPS) is 15.8. The molecule has 0 saturated heterocycles. The third-order valence-electron chi connectivity index (χ3n) is 3.44. The number of nitrogen functional groups attached to an aromatic ring is 1. The first-order chi connectivity index (χ1) is 9.44. The van der Waals surface area contributed by atoms with Gasteiger partial charge in [-0.3, -0.25) is 4.90 Å². The Morgan fingerprint density at radius 1 is 1.45 bits per heavy atom. The van der Waals surface area contributed by atoms with Gasteiger partial charge in [-0.1, -0.05) is 6.92 Å². The number of nitrogens with zero attached hydrogens (tertiary/aromatic N) is 1. The summed E-state index contributed by atoms with van der Waals surface area (Å²) in [6.45, 7) is 4.23. The summed E-state index contributed by atoms with van der Waals surface area (Å²) in [4.78, 5) is 2.54. The molecule has 0 radical (unpaired) electrons. The van der Waals surface area contributed by atoms with Crippen LogP contribution in [-0.4, -0.2) is 39.0 Å². The molecule has 0 bridgehead atoms. The highest BCUT2D eigenvalue weighted by Gasteiger charge is 2.27. The molecule has 1 fully saturated rings. The zero-order chi connectivity index (χ0) is 14.8. The molecule has 5 nitrogen and oxygen atoms in total. The zero-order valence-corrected chi connectivity index (χ0v) is 13.9. The summed E-state index contributed by atoms with van der Waals surface area (Å²) in [5, 5.41) is 0. The van der Waals surface area contributed by atoms with E-state index in [1.54, 1.807) is 6.07 Å². The van der Waals surface area contributed by atoms with Gasteiger partial charge in [-0.05, 0) is 53.5 Å². The first-order valence-electron chi connectivity index (χ1n) is 6.73. The number of nitrogens with two attached hydrogens (primary N) is 1. The van der Waals surface area contributed by atoms with Crippen molar-refractivity contribution in [3.05, 3.63) is 22.7 Å². The Labute approximate surface area is 128 Å². The Bertz CT molecular complexity index is 573. The lowest BCUT2D eigenvalue weighted by molar-refractivity contribution is 0.282. The second-order valence-corrected chi connectivity index (χ2v) is 7.56. The van der Waals surface area contributed by atoms with Gasteiger partial charge < -0.3 is 5.73 Å². The van der Waals surface area contributed by atoms with E-state index < -0.39 is 10.0 Å². The molecule has 1 aliphatic rings. The van der Waals surface area contributed by atoms with Crippen LogP contribution in [0.15, 0.2) is 27.6 Å². The number of hydrogen-bond donors (Lipinski definition) is 2.